The molecule has 11 unspecified atom stereocenters. The van der Waals surface area contributed by atoms with E-state index in [-0.39, 0.29) is 23.0 Å². The zero-order valence-corrected chi connectivity index (χ0v) is 15.4. The molecule has 3 N–H and O–H groups in total. The number of hydrogen-bond donors (Lipinski definition) is 3. The number of rotatable bonds is 0. The topological polar surface area (TPSA) is 60.7 Å². The van der Waals surface area contributed by atoms with E-state index in [0.717, 1.165) is 32.1 Å². The van der Waals surface area contributed by atoms with Crippen molar-refractivity contribution >= 4 is 0 Å². The van der Waals surface area contributed by atoms with E-state index in [9.17, 15) is 15.3 Å². The number of hydrogen-bond acceptors (Lipinski definition) is 3. The Bertz CT molecular complexity index is 563. The number of aliphatic hydroxyl groups is 3. The molecule has 0 bridgehead atoms. The van der Waals surface area contributed by atoms with Crippen molar-refractivity contribution in [3.8, 4) is 0 Å². The molecule has 0 aromatic carbocycles. The third-order valence-electron chi connectivity index (χ3n) is 9.91. The van der Waals surface area contributed by atoms with E-state index in [0.29, 0.717) is 41.9 Å². The lowest BCUT2D eigenvalue weighted by atomic mass is 9.43. The van der Waals surface area contributed by atoms with Gasteiger partial charge in [-0.3, -0.25) is 0 Å². The van der Waals surface area contributed by atoms with E-state index in [2.05, 4.69) is 20.8 Å². The molecule has 3 nitrogen and oxygen atoms in total. The lowest BCUT2D eigenvalue weighted by molar-refractivity contribution is -0.227. The second kappa shape index (κ2) is 4.58. The highest BCUT2D eigenvalue weighted by molar-refractivity contribution is 5.23. The number of aliphatic hydroxyl groups excluding tert-OH is 2. The van der Waals surface area contributed by atoms with Crippen molar-refractivity contribution in [3.05, 3.63) is 0 Å². The van der Waals surface area contributed by atoms with Crippen LogP contribution in [0.3, 0.4) is 0 Å². The molecule has 3 heteroatoms. The van der Waals surface area contributed by atoms with Gasteiger partial charge in [0.25, 0.3) is 0 Å². The van der Waals surface area contributed by atoms with Gasteiger partial charge in [-0.1, -0.05) is 20.8 Å². The zero-order valence-electron chi connectivity index (χ0n) is 15.4. The smallest absolute Gasteiger partial charge is 0.0759 e. The fraction of sp³-hybridized carbons (Fsp3) is 1.00. The summed E-state index contributed by atoms with van der Waals surface area (Å²) < 4.78 is 0. The van der Waals surface area contributed by atoms with Gasteiger partial charge >= 0.3 is 0 Å². The van der Waals surface area contributed by atoms with Crippen LogP contribution in [0.2, 0.25) is 0 Å². The summed E-state index contributed by atoms with van der Waals surface area (Å²) in [5.41, 5.74) is -0.590. The molecule has 0 aliphatic heterocycles. The van der Waals surface area contributed by atoms with Gasteiger partial charge in [0.15, 0.2) is 0 Å². The average molecular weight is 335 g/mol. The van der Waals surface area contributed by atoms with Gasteiger partial charge < -0.3 is 15.3 Å². The normalized spacial score (nSPS) is 67.8. The van der Waals surface area contributed by atoms with Crippen LogP contribution in [0.15, 0.2) is 0 Å². The van der Waals surface area contributed by atoms with Gasteiger partial charge in [-0.15, -0.1) is 0 Å². The Labute approximate surface area is 145 Å². The van der Waals surface area contributed by atoms with Gasteiger partial charge in [-0.2, -0.15) is 0 Å². The molecule has 0 aromatic heterocycles. The zero-order chi connectivity index (χ0) is 17.1. The molecular formula is C21H34O3. The molecule has 0 saturated heterocycles. The van der Waals surface area contributed by atoms with Crippen LogP contribution in [-0.4, -0.2) is 33.1 Å². The van der Waals surface area contributed by atoms with Gasteiger partial charge in [0.2, 0.25) is 0 Å². The summed E-state index contributed by atoms with van der Waals surface area (Å²) in [5.74, 6) is 3.35. The first-order valence-corrected chi connectivity index (χ1v) is 10.3. The van der Waals surface area contributed by atoms with Gasteiger partial charge in [0, 0.05) is 6.42 Å². The molecule has 5 saturated carbocycles. The molecule has 0 spiro atoms. The Hall–Kier alpha value is -0.120. The molecule has 5 aliphatic rings. The van der Waals surface area contributed by atoms with Crippen molar-refractivity contribution < 1.29 is 15.3 Å². The third kappa shape index (κ3) is 1.66. The maximum Gasteiger partial charge on any atom is 0.0759 e. The Morgan fingerprint density at radius 2 is 1.67 bits per heavy atom. The van der Waals surface area contributed by atoms with Crippen molar-refractivity contribution in [2.45, 2.75) is 83.5 Å². The summed E-state index contributed by atoms with van der Waals surface area (Å²) >= 11 is 0. The Kier molecular flexibility index (Phi) is 3.07. The molecule has 5 rings (SSSR count). The summed E-state index contributed by atoms with van der Waals surface area (Å²) in [6.45, 7) is 6.90. The van der Waals surface area contributed by atoms with Crippen molar-refractivity contribution in [2.24, 2.45) is 46.3 Å². The van der Waals surface area contributed by atoms with Crippen LogP contribution in [0.25, 0.3) is 0 Å². The SMILES string of the molecule is CC1CC2C3C4CC4C4(O)CC(O)CCC4(C)C3CCC2(C)C1O. The van der Waals surface area contributed by atoms with Crippen molar-refractivity contribution in [1.29, 1.82) is 0 Å². The first kappa shape index (κ1) is 16.1. The molecular weight excluding hydrogens is 300 g/mol. The highest BCUT2D eigenvalue weighted by Crippen LogP contribution is 2.76. The molecule has 11 atom stereocenters. The average Bonchev–Trinajstić information content (AvgIpc) is 3.28. The second-order valence-electron chi connectivity index (χ2n) is 10.7. The minimum absolute atomic E-state index is 0.0350. The van der Waals surface area contributed by atoms with Crippen LogP contribution in [-0.2, 0) is 0 Å². The van der Waals surface area contributed by atoms with Gasteiger partial charge in [0.1, 0.15) is 0 Å². The van der Waals surface area contributed by atoms with Crippen molar-refractivity contribution in [1.82, 2.24) is 0 Å². The minimum Gasteiger partial charge on any atom is -0.393 e. The van der Waals surface area contributed by atoms with Crippen LogP contribution in [0.1, 0.15) is 65.7 Å². The summed E-state index contributed by atoms with van der Waals surface area (Å²) in [4.78, 5) is 0. The monoisotopic (exact) mass is 334 g/mol. The molecule has 0 aromatic rings. The van der Waals surface area contributed by atoms with Gasteiger partial charge in [0.05, 0.1) is 17.8 Å². The number of fused-ring (bicyclic) bond motifs is 8. The summed E-state index contributed by atoms with van der Waals surface area (Å²) in [6, 6.07) is 0. The van der Waals surface area contributed by atoms with E-state index < -0.39 is 5.60 Å². The minimum atomic E-state index is -0.646. The van der Waals surface area contributed by atoms with E-state index in [1.54, 1.807) is 0 Å². The largest absolute Gasteiger partial charge is 0.393 e. The molecule has 5 fully saturated rings. The molecule has 0 radical (unpaired) electrons. The van der Waals surface area contributed by atoms with Crippen LogP contribution in [0.5, 0.6) is 0 Å². The van der Waals surface area contributed by atoms with E-state index in [1.165, 1.54) is 6.42 Å². The molecule has 0 heterocycles. The summed E-state index contributed by atoms with van der Waals surface area (Å²) in [7, 11) is 0. The lowest BCUT2D eigenvalue weighted by Crippen LogP contribution is -2.64. The molecule has 136 valence electrons. The highest BCUT2D eigenvalue weighted by atomic mass is 16.3. The summed E-state index contributed by atoms with van der Waals surface area (Å²) in [5, 5.41) is 32.7. The van der Waals surface area contributed by atoms with Crippen LogP contribution < -0.4 is 0 Å². The molecule has 0 amide bonds. The molecule has 5 aliphatic carbocycles. The Morgan fingerprint density at radius 1 is 0.917 bits per heavy atom. The maximum atomic E-state index is 11.7. The highest BCUT2D eigenvalue weighted by Gasteiger charge is 2.74. The maximum absolute atomic E-state index is 11.7. The standard InChI is InChI=1S/C21H34O3/c1-11-8-16-17-13-9-15(13)21(24)10-12(22)4-7-20(21,3)14(17)5-6-19(16,2)18(11)23/h11-18,22-24H,4-10H2,1-3H3. The van der Waals surface area contributed by atoms with Crippen LogP contribution in [0, 0.1) is 46.3 Å². The summed E-state index contributed by atoms with van der Waals surface area (Å²) in [6.07, 6.45) is 6.52. The first-order valence-electron chi connectivity index (χ1n) is 10.3. The quantitative estimate of drug-likeness (QED) is 0.638. The fourth-order valence-electron chi connectivity index (χ4n) is 8.53. The predicted molar refractivity (Wildman–Crippen MR) is 92.1 cm³/mol. The van der Waals surface area contributed by atoms with E-state index in [4.69, 9.17) is 0 Å². The van der Waals surface area contributed by atoms with Gasteiger partial charge in [-0.05, 0) is 84.9 Å². The third-order valence-corrected chi connectivity index (χ3v) is 9.91. The fourth-order valence-corrected chi connectivity index (χ4v) is 8.53. The van der Waals surface area contributed by atoms with E-state index >= 15 is 0 Å². The van der Waals surface area contributed by atoms with Crippen LogP contribution in [0.4, 0.5) is 0 Å². The molecule has 24 heavy (non-hydrogen) atoms. The van der Waals surface area contributed by atoms with Crippen molar-refractivity contribution in [3.63, 3.8) is 0 Å². The second-order valence-corrected chi connectivity index (χ2v) is 10.7. The van der Waals surface area contributed by atoms with E-state index in [1.807, 2.05) is 0 Å². The first-order chi connectivity index (χ1) is 11.2. The lowest BCUT2D eigenvalue weighted by Gasteiger charge is -2.63. The van der Waals surface area contributed by atoms with Crippen molar-refractivity contribution in [2.75, 3.05) is 0 Å². The predicted octanol–water partition coefficient (Wildman–Crippen LogP) is 2.97. The van der Waals surface area contributed by atoms with Crippen LogP contribution >= 0.6 is 0 Å². The Morgan fingerprint density at radius 3 is 2.42 bits per heavy atom. The van der Waals surface area contributed by atoms with Gasteiger partial charge in [-0.25, -0.2) is 0 Å². The Balaban J connectivity index is 1.55.